The van der Waals surface area contributed by atoms with E-state index >= 15 is 0 Å². The van der Waals surface area contributed by atoms with E-state index in [9.17, 15) is 13.2 Å². The molecule has 0 aromatic carbocycles. The van der Waals surface area contributed by atoms with Gasteiger partial charge in [-0.15, -0.1) is 0 Å². The molecule has 0 unspecified atom stereocenters. The highest BCUT2D eigenvalue weighted by atomic mass is 32.2. The fourth-order valence-corrected chi connectivity index (χ4v) is 1.76. The Kier molecular flexibility index (Phi) is 5.66. The zero-order chi connectivity index (χ0) is 11.2. The minimum Gasteiger partial charge on any atom is -0.368 e. The smallest absolute Gasteiger partial charge is 0.235 e. The second kappa shape index (κ2) is 5.94. The molecule has 0 saturated carbocycles. The first-order valence-electron chi connectivity index (χ1n) is 4.33. The monoisotopic (exact) mass is 223 g/mol. The van der Waals surface area contributed by atoms with Crippen LogP contribution in [0.1, 0.15) is 19.3 Å². The molecule has 0 aromatic heterocycles. The van der Waals surface area contributed by atoms with Crippen molar-refractivity contribution in [1.82, 2.24) is 4.72 Å². The molecule has 0 aromatic rings. The van der Waals surface area contributed by atoms with Gasteiger partial charge in [-0.1, -0.05) is 6.42 Å². The zero-order valence-electron chi connectivity index (χ0n) is 8.19. The Labute approximate surface area is 84.1 Å². The predicted octanol–water partition coefficient (Wildman–Crippen LogP) is -1.48. The van der Waals surface area contributed by atoms with Crippen molar-refractivity contribution in [3.05, 3.63) is 0 Å². The number of hydrogen-bond donors (Lipinski definition) is 3. The number of primary amides is 1. The fraction of sp³-hybridized carbons (Fsp3) is 0.857. The van der Waals surface area contributed by atoms with E-state index in [-0.39, 0.29) is 0 Å². The Balaban J connectivity index is 4.11. The molecule has 0 bridgehead atoms. The average Bonchev–Trinajstić information content (AvgIpc) is 2.00. The molecule has 7 heteroatoms. The second-order valence-electron chi connectivity index (χ2n) is 3.13. The molecule has 0 radical (unpaired) electrons. The molecule has 0 rings (SSSR count). The van der Waals surface area contributed by atoms with Crippen LogP contribution in [-0.2, 0) is 14.8 Å². The van der Waals surface area contributed by atoms with E-state index in [1.165, 1.54) is 0 Å². The molecule has 0 saturated heterocycles. The molecular formula is C7H17N3O3S. The number of sulfonamides is 1. The number of hydrogen-bond acceptors (Lipinski definition) is 4. The van der Waals surface area contributed by atoms with Gasteiger partial charge in [0, 0.05) is 0 Å². The minimum absolute atomic E-state index is 0.388. The summed E-state index contributed by atoms with van der Waals surface area (Å²) in [6, 6.07) is -0.823. The molecule has 0 heterocycles. The Hall–Kier alpha value is -0.660. The van der Waals surface area contributed by atoms with E-state index in [1.54, 1.807) is 0 Å². The maximum atomic E-state index is 10.8. The highest BCUT2D eigenvalue weighted by Gasteiger charge is 2.18. The molecule has 84 valence electrons. The summed E-state index contributed by atoms with van der Waals surface area (Å²) < 4.78 is 23.8. The van der Waals surface area contributed by atoms with Gasteiger partial charge in [0.1, 0.15) is 6.04 Å². The van der Waals surface area contributed by atoms with Crippen molar-refractivity contribution in [3.63, 3.8) is 0 Å². The summed E-state index contributed by atoms with van der Waals surface area (Å²) in [5.74, 6) is -0.660. The lowest BCUT2D eigenvalue weighted by Gasteiger charge is -2.13. The summed E-state index contributed by atoms with van der Waals surface area (Å²) in [4.78, 5) is 10.8. The van der Waals surface area contributed by atoms with Crippen LogP contribution in [0.3, 0.4) is 0 Å². The molecule has 0 aliphatic heterocycles. The third-order valence-corrected chi connectivity index (χ3v) is 2.36. The van der Waals surface area contributed by atoms with Crippen LogP contribution in [-0.4, -0.2) is 33.2 Å². The first kappa shape index (κ1) is 13.3. The lowest BCUT2D eigenvalue weighted by Crippen LogP contribution is -2.43. The first-order valence-corrected chi connectivity index (χ1v) is 6.22. The lowest BCUT2D eigenvalue weighted by molar-refractivity contribution is -0.119. The number of nitrogens with two attached hydrogens (primary N) is 2. The van der Waals surface area contributed by atoms with Gasteiger partial charge >= 0.3 is 0 Å². The third-order valence-electron chi connectivity index (χ3n) is 1.65. The fourth-order valence-electron chi connectivity index (χ4n) is 1.01. The normalized spacial score (nSPS) is 13.9. The van der Waals surface area contributed by atoms with E-state index in [4.69, 9.17) is 11.5 Å². The Morgan fingerprint density at radius 3 is 2.36 bits per heavy atom. The molecule has 5 N–H and O–H groups in total. The molecule has 6 nitrogen and oxygen atoms in total. The number of rotatable bonds is 7. The van der Waals surface area contributed by atoms with Crippen LogP contribution in [0.25, 0.3) is 0 Å². The van der Waals surface area contributed by atoms with Crippen LogP contribution in [0.5, 0.6) is 0 Å². The van der Waals surface area contributed by atoms with Gasteiger partial charge in [-0.2, -0.15) is 0 Å². The minimum atomic E-state index is -3.39. The van der Waals surface area contributed by atoms with Gasteiger partial charge in [-0.3, -0.25) is 4.79 Å². The molecular weight excluding hydrogens is 206 g/mol. The Morgan fingerprint density at radius 2 is 2.00 bits per heavy atom. The topological polar surface area (TPSA) is 115 Å². The Morgan fingerprint density at radius 1 is 1.43 bits per heavy atom. The van der Waals surface area contributed by atoms with Crippen LogP contribution in [0.2, 0.25) is 0 Å². The van der Waals surface area contributed by atoms with Crippen molar-refractivity contribution < 1.29 is 13.2 Å². The van der Waals surface area contributed by atoms with Gasteiger partial charge in [0.2, 0.25) is 15.9 Å². The molecule has 0 aliphatic rings. The lowest BCUT2D eigenvalue weighted by atomic mass is 10.1. The van der Waals surface area contributed by atoms with Crippen molar-refractivity contribution >= 4 is 15.9 Å². The van der Waals surface area contributed by atoms with Crippen LogP contribution in [0, 0.1) is 0 Å². The maximum absolute atomic E-state index is 10.8. The number of carbonyl (C=O) groups excluding carboxylic acids is 1. The van der Waals surface area contributed by atoms with E-state index in [0.29, 0.717) is 19.4 Å². The van der Waals surface area contributed by atoms with Crippen molar-refractivity contribution in [2.24, 2.45) is 11.5 Å². The van der Waals surface area contributed by atoms with Gasteiger partial charge < -0.3 is 11.5 Å². The zero-order valence-corrected chi connectivity index (χ0v) is 9.01. The van der Waals surface area contributed by atoms with Crippen molar-refractivity contribution in [3.8, 4) is 0 Å². The summed E-state index contributed by atoms with van der Waals surface area (Å²) in [7, 11) is -3.39. The Bertz CT molecular complexity index is 276. The van der Waals surface area contributed by atoms with E-state index in [2.05, 4.69) is 4.72 Å². The molecule has 0 fully saturated rings. The quantitative estimate of drug-likeness (QED) is 0.456. The number of amides is 1. The summed E-state index contributed by atoms with van der Waals surface area (Å²) >= 11 is 0. The standard InChI is InChI=1S/C7H17N3O3S/c1-14(12,13)10-6(7(9)11)4-2-3-5-8/h6,10H,2-5,8H2,1H3,(H2,9,11)/t6-/m1/s1. The average molecular weight is 223 g/mol. The van der Waals surface area contributed by atoms with E-state index in [1.807, 2.05) is 0 Å². The molecule has 14 heavy (non-hydrogen) atoms. The first-order chi connectivity index (χ1) is 6.37. The van der Waals surface area contributed by atoms with Gasteiger partial charge in [-0.05, 0) is 19.4 Å². The van der Waals surface area contributed by atoms with E-state index in [0.717, 1.165) is 12.7 Å². The van der Waals surface area contributed by atoms with Gasteiger partial charge in [0.15, 0.2) is 0 Å². The summed E-state index contributed by atoms with van der Waals surface area (Å²) in [5, 5.41) is 0. The summed E-state index contributed by atoms with van der Waals surface area (Å²) in [5.41, 5.74) is 10.3. The number of nitrogens with one attached hydrogen (secondary N) is 1. The molecule has 0 aliphatic carbocycles. The largest absolute Gasteiger partial charge is 0.368 e. The van der Waals surface area contributed by atoms with E-state index < -0.39 is 22.0 Å². The number of unbranched alkanes of at least 4 members (excludes halogenated alkanes) is 1. The highest BCUT2D eigenvalue weighted by Crippen LogP contribution is 2.00. The van der Waals surface area contributed by atoms with Gasteiger partial charge in [0.05, 0.1) is 6.26 Å². The van der Waals surface area contributed by atoms with Crippen LogP contribution in [0.4, 0.5) is 0 Å². The van der Waals surface area contributed by atoms with Crippen LogP contribution in [0.15, 0.2) is 0 Å². The third kappa shape index (κ3) is 6.81. The van der Waals surface area contributed by atoms with Gasteiger partial charge in [-0.25, -0.2) is 13.1 Å². The van der Waals surface area contributed by atoms with Crippen molar-refractivity contribution in [2.75, 3.05) is 12.8 Å². The second-order valence-corrected chi connectivity index (χ2v) is 4.91. The molecule has 1 atom stereocenters. The summed E-state index contributed by atoms with van der Waals surface area (Å²) in [6.07, 6.45) is 2.80. The SMILES string of the molecule is CS(=O)(=O)N[C@H](CCCCN)C(N)=O. The molecule has 0 spiro atoms. The molecule has 1 amide bonds. The van der Waals surface area contributed by atoms with Gasteiger partial charge in [0.25, 0.3) is 0 Å². The van der Waals surface area contributed by atoms with Crippen LogP contribution >= 0.6 is 0 Å². The number of carbonyl (C=O) groups is 1. The van der Waals surface area contributed by atoms with Crippen molar-refractivity contribution in [1.29, 1.82) is 0 Å². The summed E-state index contributed by atoms with van der Waals surface area (Å²) in [6.45, 7) is 0.518. The maximum Gasteiger partial charge on any atom is 0.235 e. The predicted molar refractivity (Wildman–Crippen MR) is 53.9 cm³/mol. The van der Waals surface area contributed by atoms with Crippen molar-refractivity contribution in [2.45, 2.75) is 25.3 Å². The van der Waals surface area contributed by atoms with Crippen LogP contribution < -0.4 is 16.2 Å². The highest BCUT2D eigenvalue weighted by molar-refractivity contribution is 7.88.